The molecule has 0 bridgehead atoms. The molecular weight excluding hydrogens is 592 g/mol. The molecule has 46 heavy (non-hydrogen) atoms. The molecule has 4 saturated carbocycles. The highest BCUT2D eigenvalue weighted by Crippen LogP contribution is 2.76. The molecule has 7 aliphatic rings. The van der Waals surface area contributed by atoms with Crippen molar-refractivity contribution in [2.24, 2.45) is 50.2 Å². The van der Waals surface area contributed by atoms with Crippen molar-refractivity contribution in [2.45, 2.75) is 142 Å². The second kappa shape index (κ2) is 10.2. The van der Waals surface area contributed by atoms with Crippen molar-refractivity contribution >= 4 is 11.9 Å². The molecule has 0 aromatic rings. The zero-order chi connectivity index (χ0) is 33.4. The summed E-state index contributed by atoms with van der Waals surface area (Å²) in [6.07, 6.45) is 2.14. The summed E-state index contributed by atoms with van der Waals surface area (Å²) >= 11 is 0. The quantitative estimate of drug-likeness (QED) is 0.225. The van der Waals surface area contributed by atoms with Crippen molar-refractivity contribution in [3.8, 4) is 0 Å². The minimum Gasteiger partial charge on any atom is -0.481 e. The van der Waals surface area contributed by atoms with Gasteiger partial charge in [-0.25, -0.2) is 4.79 Å². The number of hydrogen-bond acceptors (Lipinski definition) is 9. The van der Waals surface area contributed by atoms with Gasteiger partial charge in [-0.05, 0) is 91.3 Å². The van der Waals surface area contributed by atoms with E-state index in [0.29, 0.717) is 25.7 Å². The number of rotatable bonds is 4. The standard InChI is InChI=1S/C36H54O10/c1-31(2)13-15-36(30(42)43)16-14-34(5)18(22(36)27(31)40)7-8-20-32(3)11-10-21(33(4,17-37)19(32)9-12-35(20,34)6)44-29-24(39)26-25(46-29)23(38)28(41)45-26/h7,19-27,29,37-40H,8-17H2,1-6H3,(H,42,43)/t19?,20?,21-,22?,23?,24+,25+,26+,27-,29+,32-,33-,34+,35+,36-/m0/s1. The van der Waals surface area contributed by atoms with E-state index < -0.39 is 71.6 Å². The first kappa shape index (κ1) is 33.0. The number of aliphatic hydroxyl groups is 4. The summed E-state index contributed by atoms with van der Waals surface area (Å²) in [4.78, 5) is 24.8. The monoisotopic (exact) mass is 646 g/mol. The average molecular weight is 647 g/mol. The molecule has 2 heterocycles. The summed E-state index contributed by atoms with van der Waals surface area (Å²) in [5, 5.41) is 54.6. The lowest BCUT2D eigenvalue weighted by Crippen LogP contribution is -2.67. The molecule has 5 aliphatic carbocycles. The van der Waals surface area contributed by atoms with Gasteiger partial charge in [0.2, 0.25) is 0 Å². The van der Waals surface area contributed by atoms with Crippen LogP contribution in [0, 0.1) is 50.2 Å². The van der Waals surface area contributed by atoms with Gasteiger partial charge in [-0.2, -0.15) is 0 Å². The van der Waals surface area contributed by atoms with Crippen molar-refractivity contribution in [1.29, 1.82) is 0 Å². The maximum atomic E-state index is 13.0. The van der Waals surface area contributed by atoms with E-state index in [1.807, 2.05) is 0 Å². The molecule has 10 heteroatoms. The number of fused-ring (bicyclic) bond motifs is 8. The molecule has 0 radical (unpaired) electrons. The fourth-order valence-corrected chi connectivity index (χ4v) is 12.5. The fraction of sp³-hybridized carbons (Fsp3) is 0.889. The molecule has 6 fully saturated rings. The van der Waals surface area contributed by atoms with E-state index in [9.17, 15) is 35.1 Å². The smallest absolute Gasteiger partial charge is 0.338 e. The number of aliphatic hydroxyl groups excluding tert-OH is 4. The van der Waals surface area contributed by atoms with Gasteiger partial charge in [0.05, 0.1) is 24.2 Å². The summed E-state index contributed by atoms with van der Waals surface area (Å²) in [5.41, 5.74) is -1.30. The summed E-state index contributed by atoms with van der Waals surface area (Å²) < 4.78 is 17.4. The number of carbonyl (C=O) groups is 2. The van der Waals surface area contributed by atoms with E-state index in [2.05, 4.69) is 47.6 Å². The number of esters is 1. The Hall–Kier alpha value is -1.56. The molecule has 2 saturated heterocycles. The summed E-state index contributed by atoms with van der Waals surface area (Å²) in [7, 11) is 0. The van der Waals surface area contributed by atoms with E-state index in [1.165, 1.54) is 0 Å². The van der Waals surface area contributed by atoms with Gasteiger partial charge < -0.3 is 39.7 Å². The van der Waals surface area contributed by atoms with E-state index >= 15 is 0 Å². The zero-order valence-electron chi connectivity index (χ0n) is 28.2. The molecule has 7 rings (SSSR count). The number of carboxylic acid groups (broad SMARTS) is 1. The first-order chi connectivity index (χ1) is 21.4. The van der Waals surface area contributed by atoms with Gasteiger partial charge in [-0.3, -0.25) is 4.79 Å². The summed E-state index contributed by atoms with van der Waals surface area (Å²) in [5.74, 6) is -1.59. The molecule has 0 amide bonds. The van der Waals surface area contributed by atoms with Crippen molar-refractivity contribution < 1.29 is 49.3 Å². The van der Waals surface area contributed by atoms with Crippen LogP contribution in [0.25, 0.3) is 0 Å². The van der Waals surface area contributed by atoms with Gasteiger partial charge in [0.1, 0.15) is 12.2 Å². The van der Waals surface area contributed by atoms with Gasteiger partial charge in [0.25, 0.3) is 0 Å². The molecule has 0 aromatic heterocycles. The Balaban J connectivity index is 1.19. The Morgan fingerprint density at radius 3 is 2.28 bits per heavy atom. The van der Waals surface area contributed by atoms with E-state index in [1.54, 1.807) is 0 Å². The lowest BCUT2D eigenvalue weighted by Gasteiger charge is -2.71. The van der Waals surface area contributed by atoms with E-state index in [4.69, 9.17) is 14.2 Å². The van der Waals surface area contributed by atoms with Crippen LogP contribution in [0.5, 0.6) is 0 Å². The Morgan fingerprint density at radius 1 is 0.935 bits per heavy atom. The zero-order valence-corrected chi connectivity index (χ0v) is 28.2. The first-order valence-corrected chi connectivity index (χ1v) is 17.5. The van der Waals surface area contributed by atoms with Crippen molar-refractivity contribution in [3.63, 3.8) is 0 Å². The molecule has 258 valence electrons. The van der Waals surface area contributed by atoms with Crippen LogP contribution in [0.2, 0.25) is 0 Å². The van der Waals surface area contributed by atoms with Crippen molar-refractivity contribution in [3.05, 3.63) is 11.6 Å². The Kier molecular flexibility index (Phi) is 7.33. The Labute approximate surface area is 271 Å². The molecule has 15 atom stereocenters. The van der Waals surface area contributed by atoms with Crippen LogP contribution < -0.4 is 0 Å². The Bertz CT molecular complexity index is 1330. The van der Waals surface area contributed by atoms with Crippen LogP contribution in [0.1, 0.15) is 99.3 Å². The number of allylic oxidation sites excluding steroid dienone is 1. The van der Waals surface area contributed by atoms with Gasteiger partial charge >= 0.3 is 11.9 Å². The molecule has 4 unspecified atom stereocenters. The minimum atomic E-state index is -1.46. The van der Waals surface area contributed by atoms with Gasteiger partial charge in [0.15, 0.2) is 18.5 Å². The van der Waals surface area contributed by atoms with Gasteiger partial charge in [-0.15, -0.1) is 0 Å². The SMILES string of the molecule is CC1(C)CC[C@]2(C(=O)O)CC[C@]3(C)C(=CCC4[C@@]5(C)CC[C@H](O[C@@H]6O[C@@H]7C(O)C(=O)O[C@@H]7[C@H]6O)[C@@](C)(CO)C5CC[C@]43C)C2[C@@H]1O. The number of aliphatic carboxylic acids is 1. The first-order valence-electron chi connectivity index (χ1n) is 17.5. The second-order valence-electron chi connectivity index (χ2n) is 17.8. The van der Waals surface area contributed by atoms with Gasteiger partial charge in [0, 0.05) is 11.3 Å². The Morgan fingerprint density at radius 2 is 1.63 bits per heavy atom. The molecule has 0 spiro atoms. The third kappa shape index (κ3) is 3.97. The van der Waals surface area contributed by atoms with E-state index in [-0.39, 0.29) is 40.1 Å². The predicted molar refractivity (Wildman–Crippen MR) is 165 cm³/mol. The van der Waals surface area contributed by atoms with Crippen LogP contribution in [0.15, 0.2) is 11.6 Å². The number of ether oxygens (including phenoxy) is 3. The second-order valence-corrected chi connectivity index (χ2v) is 17.8. The van der Waals surface area contributed by atoms with Crippen LogP contribution in [-0.4, -0.2) is 87.0 Å². The maximum Gasteiger partial charge on any atom is 0.338 e. The molecule has 5 N–H and O–H groups in total. The average Bonchev–Trinajstić information content (AvgIpc) is 3.45. The third-order valence-corrected chi connectivity index (χ3v) is 15.7. The number of hydrogen-bond donors (Lipinski definition) is 5. The lowest BCUT2D eigenvalue weighted by atomic mass is 9.33. The van der Waals surface area contributed by atoms with Crippen molar-refractivity contribution in [1.82, 2.24) is 0 Å². The third-order valence-electron chi connectivity index (χ3n) is 15.7. The topological polar surface area (TPSA) is 163 Å². The van der Waals surface area contributed by atoms with Crippen molar-refractivity contribution in [2.75, 3.05) is 6.61 Å². The highest BCUT2D eigenvalue weighted by Gasteiger charge is 2.71. The highest BCUT2D eigenvalue weighted by atomic mass is 16.7. The molecule has 2 aliphatic heterocycles. The molecule has 0 aromatic carbocycles. The number of carboxylic acids is 1. The fourth-order valence-electron chi connectivity index (χ4n) is 12.5. The predicted octanol–water partition coefficient (Wildman–Crippen LogP) is 3.57. The number of carbonyl (C=O) groups excluding carboxylic acids is 1. The van der Waals surface area contributed by atoms with Crippen LogP contribution in [0.3, 0.4) is 0 Å². The van der Waals surface area contributed by atoms with Crippen LogP contribution in [0.4, 0.5) is 0 Å². The van der Waals surface area contributed by atoms with E-state index in [0.717, 1.165) is 37.7 Å². The highest BCUT2D eigenvalue weighted by molar-refractivity contribution is 5.78. The summed E-state index contributed by atoms with van der Waals surface area (Å²) in [6, 6.07) is 0. The van der Waals surface area contributed by atoms with Crippen LogP contribution in [-0.2, 0) is 23.8 Å². The molecular formula is C36H54O10. The largest absolute Gasteiger partial charge is 0.481 e. The molecule has 10 nitrogen and oxygen atoms in total. The minimum absolute atomic E-state index is 0.0997. The lowest BCUT2D eigenvalue weighted by molar-refractivity contribution is -0.271. The van der Waals surface area contributed by atoms with Crippen LogP contribution >= 0.6 is 0 Å². The maximum absolute atomic E-state index is 13.0. The summed E-state index contributed by atoms with van der Waals surface area (Å²) in [6.45, 7) is 13.2. The van der Waals surface area contributed by atoms with Gasteiger partial charge in [-0.1, -0.05) is 53.2 Å². The normalized spacial score (nSPS) is 55.6.